The maximum Gasteiger partial charge on any atom is 0.269 e. The molecule has 7 heteroatoms. The largest absolute Gasteiger partial charge is 0.343 e. The van der Waals surface area contributed by atoms with Crippen LogP contribution in [0, 0.1) is 17.0 Å². The van der Waals surface area contributed by atoms with Gasteiger partial charge in [-0.05, 0) is 41.3 Å². The number of carbonyl (C=O) groups is 2. The Morgan fingerprint density at radius 2 is 1.38 bits per heavy atom. The van der Waals surface area contributed by atoms with Crippen LogP contribution in [-0.4, -0.2) is 22.8 Å². The molecule has 0 radical (unpaired) electrons. The number of anilines is 1. The molecule has 4 aromatic rings. The summed E-state index contributed by atoms with van der Waals surface area (Å²) in [7, 11) is 0. The van der Waals surface area contributed by atoms with Gasteiger partial charge in [-0.1, -0.05) is 84.9 Å². The minimum atomic E-state index is -0.913. The molecule has 0 aromatic heterocycles. The average Bonchev–Trinajstić information content (AvgIpc) is 2.90. The molecule has 0 bridgehead atoms. The number of nitro groups is 1. The van der Waals surface area contributed by atoms with Gasteiger partial charge in [0.05, 0.1) is 10.8 Å². The molecule has 0 aliphatic carbocycles. The lowest BCUT2D eigenvalue weighted by atomic mass is 9.90. The van der Waals surface area contributed by atoms with Crippen LogP contribution in [0.5, 0.6) is 0 Å². The lowest BCUT2D eigenvalue weighted by Crippen LogP contribution is -2.47. The van der Waals surface area contributed by atoms with E-state index in [1.54, 1.807) is 18.2 Å². The first-order valence-corrected chi connectivity index (χ1v) is 11.9. The van der Waals surface area contributed by atoms with Gasteiger partial charge in [0.1, 0.15) is 6.04 Å². The summed E-state index contributed by atoms with van der Waals surface area (Å²) in [6.45, 7) is 1.93. The predicted octanol–water partition coefficient (Wildman–Crippen LogP) is 5.40. The number of aryl methyl sites for hydroxylation is 1. The Morgan fingerprint density at radius 3 is 1.92 bits per heavy atom. The highest BCUT2D eigenvalue weighted by Gasteiger charge is 2.28. The Balaban J connectivity index is 1.63. The monoisotopic (exact) mass is 493 g/mol. The third-order valence-electron chi connectivity index (χ3n) is 6.03. The van der Waals surface area contributed by atoms with Crippen LogP contribution in [0.4, 0.5) is 11.4 Å². The summed E-state index contributed by atoms with van der Waals surface area (Å²) >= 11 is 0. The first-order chi connectivity index (χ1) is 17.9. The summed E-state index contributed by atoms with van der Waals surface area (Å²) < 4.78 is 0. The summed E-state index contributed by atoms with van der Waals surface area (Å²) in [6, 6.07) is 31.3. The van der Waals surface area contributed by atoms with Gasteiger partial charge in [-0.3, -0.25) is 19.7 Å². The Bertz CT molecular complexity index is 1330. The summed E-state index contributed by atoms with van der Waals surface area (Å²) in [5, 5.41) is 16.9. The highest BCUT2D eigenvalue weighted by atomic mass is 16.6. The van der Waals surface area contributed by atoms with Gasteiger partial charge in [0.2, 0.25) is 11.8 Å². The lowest BCUT2D eigenvalue weighted by Gasteiger charge is -2.23. The second-order valence-electron chi connectivity index (χ2n) is 8.80. The van der Waals surface area contributed by atoms with Crippen molar-refractivity contribution in [1.29, 1.82) is 0 Å². The number of non-ortho nitro benzene ring substituents is 1. The minimum Gasteiger partial charge on any atom is -0.343 e. The fraction of sp³-hybridized carbons (Fsp3) is 0.133. The van der Waals surface area contributed by atoms with Crippen LogP contribution in [0.1, 0.15) is 28.2 Å². The van der Waals surface area contributed by atoms with E-state index in [1.165, 1.54) is 12.1 Å². The topological polar surface area (TPSA) is 101 Å². The standard InChI is InChI=1S/C30H27N3O4/c1-21-9-8-14-25(19-21)31-29(34)27(20-22-15-17-26(18-16-22)33(36)37)32-30(35)28(23-10-4-2-5-11-23)24-12-6-3-7-13-24/h2-19,27-28H,20H2,1H3,(H,31,34)(H,32,35)/t27-/m0/s1. The number of benzene rings is 4. The fourth-order valence-electron chi connectivity index (χ4n) is 4.19. The van der Waals surface area contributed by atoms with E-state index in [9.17, 15) is 19.7 Å². The molecule has 7 nitrogen and oxygen atoms in total. The number of nitrogens with one attached hydrogen (secondary N) is 2. The predicted molar refractivity (Wildman–Crippen MR) is 143 cm³/mol. The van der Waals surface area contributed by atoms with Crippen molar-refractivity contribution < 1.29 is 14.5 Å². The molecule has 1 atom stereocenters. The van der Waals surface area contributed by atoms with Crippen molar-refractivity contribution in [3.63, 3.8) is 0 Å². The highest BCUT2D eigenvalue weighted by molar-refractivity contribution is 5.99. The second kappa shape index (κ2) is 11.8. The molecule has 2 amide bonds. The van der Waals surface area contributed by atoms with Crippen LogP contribution in [0.3, 0.4) is 0 Å². The molecule has 4 rings (SSSR count). The van der Waals surface area contributed by atoms with Crippen LogP contribution in [0.15, 0.2) is 109 Å². The Kier molecular flexibility index (Phi) is 8.05. The maximum atomic E-state index is 13.7. The molecule has 0 saturated heterocycles. The van der Waals surface area contributed by atoms with Crippen molar-refractivity contribution >= 4 is 23.2 Å². The van der Waals surface area contributed by atoms with Crippen molar-refractivity contribution in [3.05, 3.63) is 142 Å². The maximum absolute atomic E-state index is 13.7. The SMILES string of the molecule is Cc1cccc(NC(=O)[C@H](Cc2ccc([N+](=O)[O-])cc2)NC(=O)C(c2ccccc2)c2ccccc2)c1. The molecule has 0 aliphatic heterocycles. The number of rotatable bonds is 9. The zero-order valence-corrected chi connectivity index (χ0v) is 20.3. The third-order valence-corrected chi connectivity index (χ3v) is 6.03. The number of nitro benzene ring substituents is 1. The Morgan fingerprint density at radius 1 is 0.784 bits per heavy atom. The Hall–Kier alpha value is -4.78. The zero-order valence-electron chi connectivity index (χ0n) is 20.3. The molecular weight excluding hydrogens is 466 g/mol. The first-order valence-electron chi connectivity index (χ1n) is 11.9. The third kappa shape index (κ3) is 6.67. The molecule has 0 fully saturated rings. The van der Waals surface area contributed by atoms with Crippen molar-refractivity contribution in [1.82, 2.24) is 5.32 Å². The van der Waals surface area contributed by atoms with E-state index in [1.807, 2.05) is 85.8 Å². The molecule has 0 spiro atoms. The van der Waals surface area contributed by atoms with Crippen molar-refractivity contribution in [2.24, 2.45) is 0 Å². The van der Waals surface area contributed by atoms with Gasteiger partial charge in [0, 0.05) is 24.2 Å². The molecule has 4 aromatic carbocycles. The average molecular weight is 494 g/mol. The number of hydrogen-bond acceptors (Lipinski definition) is 4. The molecule has 0 heterocycles. The Labute approximate surface area is 215 Å². The fourth-order valence-corrected chi connectivity index (χ4v) is 4.19. The van der Waals surface area contributed by atoms with E-state index in [-0.39, 0.29) is 23.9 Å². The van der Waals surface area contributed by atoms with Crippen LogP contribution in [0.25, 0.3) is 0 Å². The summed E-state index contributed by atoms with van der Waals surface area (Å²) in [5.74, 6) is -1.31. The van der Waals surface area contributed by atoms with Gasteiger partial charge in [-0.25, -0.2) is 0 Å². The van der Waals surface area contributed by atoms with Gasteiger partial charge < -0.3 is 10.6 Å². The van der Waals surface area contributed by atoms with E-state index < -0.39 is 16.9 Å². The molecule has 2 N–H and O–H groups in total. The van der Waals surface area contributed by atoms with Gasteiger partial charge in [-0.15, -0.1) is 0 Å². The van der Waals surface area contributed by atoms with Crippen molar-refractivity contribution in [2.75, 3.05) is 5.32 Å². The van der Waals surface area contributed by atoms with Crippen molar-refractivity contribution in [2.45, 2.75) is 25.3 Å². The van der Waals surface area contributed by atoms with Crippen molar-refractivity contribution in [3.8, 4) is 0 Å². The minimum absolute atomic E-state index is 0.0400. The summed E-state index contributed by atoms with van der Waals surface area (Å²) in [6.07, 6.45) is 0.164. The van der Waals surface area contributed by atoms with E-state index in [0.717, 1.165) is 16.7 Å². The molecule has 186 valence electrons. The summed E-state index contributed by atoms with van der Waals surface area (Å²) in [5.41, 5.74) is 3.87. The zero-order chi connectivity index (χ0) is 26.2. The smallest absolute Gasteiger partial charge is 0.269 e. The second-order valence-corrected chi connectivity index (χ2v) is 8.80. The number of carbonyl (C=O) groups excluding carboxylic acids is 2. The lowest BCUT2D eigenvalue weighted by molar-refractivity contribution is -0.384. The van der Waals surface area contributed by atoms with Crippen LogP contribution in [-0.2, 0) is 16.0 Å². The van der Waals surface area contributed by atoms with E-state index in [0.29, 0.717) is 11.3 Å². The van der Waals surface area contributed by atoms with Gasteiger partial charge in [-0.2, -0.15) is 0 Å². The molecular formula is C30H27N3O4. The van der Waals surface area contributed by atoms with Gasteiger partial charge in [0.15, 0.2) is 0 Å². The van der Waals surface area contributed by atoms with Gasteiger partial charge in [0.25, 0.3) is 5.69 Å². The van der Waals surface area contributed by atoms with Crippen LogP contribution < -0.4 is 10.6 Å². The highest BCUT2D eigenvalue weighted by Crippen LogP contribution is 2.25. The van der Waals surface area contributed by atoms with Gasteiger partial charge >= 0.3 is 0 Å². The quantitative estimate of drug-likeness (QED) is 0.241. The first kappa shape index (κ1) is 25.3. The van der Waals surface area contributed by atoms with E-state index in [4.69, 9.17) is 0 Å². The molecule has 0 saturated carbocycles. The number of amides is 2. The van der Waals surface area contributed by atoms with Crippen LogP contribution >= 0.6 is 0 Å². The summed E-state index contributed by atoms with van der Waals surface area (Å²) in [4.78, 5) is 37.7. The molecule has 37 heavy (non-hydrogen) atoms. The van der Waals surface area contributed by atoms with E-state index >= 15 is 0 Å². The molecule has 0 unspecified atom stereocenters. The van der Waals surface area contributed by atoms with E-state index in [2.05, 4.69) is 10.6 Å². The molecule has 0 aliphatic rings. The number of nitrogens with zero attached hydrogens (tertiary/aromatic N) is 1. The van der Waals surface area contributed by atoms with Crippen LogP contribution in [0.2, 0.25) is 0 Å². The normalized spacial score (nSPS) is 11.5. The number of hydrogen-bond donors (Lipinski definition) is 2.